The molecule has 31 heavy (non-hydrogen) atoms. The van der Waals surface area contributed by atoms with Gasteiger partial charge in [-0.05, 0) is 56.3 Å². The molecule has 2 aliphatic rings. The van der Waals surface area contributed by atoms with Crippen LogP contribution in [0.25, 0.3) is 0 Å². The Hall–Kier alpha value is -1.55. The number of halogens is 1. The molecule has 0 bridgehead atoms. The van der Waals surface area contributed by atoms with Crippen LogP contribution in [0, 0.1) is 0 Å². The van der Waals surface area contributed by atoms with Gasteiger partial charge in [0.15, 0.2) is 5.96 Å². The van der Waals surface area contributed by atoms with Crippen molar-refractivity contribution in [1.82, 2.24) is 20.4 Å². The third-order valence-corrected chi connectivity index (χ3v) is 6.17. The lowest BCUT2D eigenvalue weighted by Crippen LogP contribution is -2.45. The molecular formula is C23H39IN6O. The third-order valence-electron chi connectivity index (χ3n) is 6.17. The first-order chi connectivity index (χ1) is 14.7. The van der Waals surface area contributed by atoms with Gasteiger partial charge in [-0.2, -0.15) is 0 Å². The van der Waals surface area contributed by atoms with Crippen LogP contribution >= 0.6 is 24.0 Å². The summed E-state index contributed by atoms with van der Waals surface area (Å²) in [5.41, 5.74) is 1.95. The van der Waals surface area contributed by atoms with Gasteiger partial charge in [0.2, 0.25) is 0 Å². The van der Waals surface area contributed by atoms with Gasteiger partial charge in [-0.15, -0.1) is 24.0 Å². The molecule has 2 fully saturated rings. The van der Waals surface area contributed by atoms with E-state index in [4.69, 9.17) is 0 Å². The number of aliphatic imine (C=N–C) groups is 1. The van der Waals surface area contributed by atoms with Gasteiger partial charge in [-0.1, -0.05) is 25.5 Å². The summed E-state index contributed by atoms with van der Waals surface area (Å²) in [5.74, 6) is 0.812. The highest BCUT2D eigenvalue weighted by molar-refractivity contribution is 14.0. The molecule has 174 valence electrons. The van der Waals surface area contributed by atoms with Gasteiger partial charge in [0, 0.05) is 51.5 Å². The lowest BCUT2D eigenvalue weighted by molar-refractivity contribution is 0.147. The summed E-state index contributed by atoms with van der Waals surface area (Å²) in [4.78, 5) is 21.1. The summed E-state index contributed by atoms with van der Waals surface area (Å²) < 4.78 is 0. The maximum Gasteiger partial charge on any atom is 0.321 e. The fraction of sp³-hybridized carbons (Fsp3) is 0.652. The largest absolute Gasteiger partial charge is 0.355 e. The summed E-state index contributed by atoms with van der Waals surface area (Å²) in [7, 11) is 1.80. The maximum absolute atomic E-state index is 12.3. The van der Waals surface area contributed by atoms with E-state index in [0.717, 1.165) is 62.3 Å². The number of hydrogen-bond acceptors (Lipinski definition) is 3. The Bertz CT molecular complexity index is 707. The van der Waals surface area contributed by atoms with Crippen molar-refractivity contribution in [3.8, 4) is 0 Å². The number of benzene rings is 1. The number of nitrogens with zero attached hydrogens (tertiary/aromatic N) is 3. The molecule has 2 amide bonds. The second-order valence-corrected chi connectivity index (χ2v) is 8.27. The SMILES string of the molecule is CCC1CCCCN1CCNC(=NC)NCc1cccc(NC(=O)N2CCCC2)c1.I. The molecule has 1 aromatic rings. The number of carbonyl (C=O) groups is 1. The first-order valence-electron chi connectivity index (χ1n) is 11.5. The number of piperidine rings is 1. The lowest BCUT2D eigenvalue weighted by atomic mass is 10.0. The Morgan fingerprint density at radius 2 is 1.90 bits per heavy atom. The van der Waals surface area contributed by atoms with E-state index in [2.05, 4.69) is 38.8 Å². The van der Waals surface area contributed by atoms with Crippen LogP contribution in [0.1, 0.15) is 51.0 Å². The van der Waals surface area contributed by atoms with Crippen molar-refractivity contribution in [2.45, 2.75) is 58.0 Å². The second kappa shape index (κ2) is 13.8. The maximum atomic E-state index is 12.3. The number of nitrogens with one attached hydrogen (secondary N) is 3. The van der Waals surface area contributed by atoms with E-state index < -0.39 is 0 Å². The number of guanidine groups is 1. The highest BCUT2D eigenvalue weighted by atomic mass is 127. The van der Waals surface area contributed by atoms with Crippen molar-refractivity contribution in [2.75, 3.05) is 45.1 Å². The fourth-order valence-corrected chi connectivity index (χ4v) is 4.42. The molecule has 2 saturated heterocycles. The standard InChI is InChI=1S/C23H38N6O.HI/c1-3-21-11-4-5-13-28(21)16-12-25-22(24-2)26-18-19-9-8-10-20(17-19)27-23(30)29-14-6-7-15-29;/h8-10,17,21H,3-7,11-16,18H2,1-2H3,(H,27,30)(H2,24,25,26);1H. The van der Waals surface area contributed by atoms with E-state index in [1.165, 1.54) is 32.2 Å². The van der Waals surface area contributed by atoms with Gasteiger partial charge in [-0.3, -0.25) is 9.89 Å². The molecule has 8 heteroatoms. The summed E-state index contributed by atoms with van der Waals surface area (Å²) in [6, 6.07) is 8.73. The molecule has 1 unspecified atom stereocenters. The van der Waals surface area contributed by atoms with Crippen molar-refractivity contribution < 1.29 is 4.79 Å². The molecular weight excluding hydrogens is 503 g/mol. The summed E-state index contributed by atoms with van der Waals surface area (Å²) in [5, 5.41) is 9.83. The van der Waals surface area contributed by atoms with Gasteiger partial charge in [0.05, 0.1) is 0 Å². The van der Waals surface area contributed by atoms with Crippen LogP contribution in [0.15, 0.2) is 29.3 Å². The van der Waals surface area contributed by atoms with E-state index in [1.54, 1.807) is 7.05 Å². The summed E-state index contributed by atoms with van der Waals surface area (Å²) in [6.07, 6.45) is 7.43. The zero-order valence-corrected chi connectivity index (χ0v) is 21.4. The molecule has 2 aliphatic heterocycles. The van der Waals surface area contributed by atoms with Crippen LogP contribution in [-0.2, 0) is 6.54 Å². The summed E-state index contributed by atoms with van der Waals surface area (Å²) in [6.45, 7) is 7.81. The molecule has 3 N–H and O–H groups in total. The Balaban J connectivity index is 0.00000341. The first-order valence-corrected chi connectivity index (χ1v) is 11.5. The minimum absolute atomic E-state index is 0. The number of urea groups is 1. The van der Waals surface area contributed by atoms with Crippen molar-refractivity contribution in [2.24, 2.45) is 4.99 Å². The number of hydrogen-bond donors (Lipinski definition) is 3. The number of anilines is 1. The van der Waals surface area contributed by atoms with E-state index in [1.807, 2.05) is 23.1 Å². The van der Waals surface area contributed by atoms with Gasteiger partial charge < -0.3 is 20.9 Å². The molecule has 7 nitrogen and oxygen atoms in total. The first kappa shape index (κ1) is 25.7. The lowest BCUT2D eigenvalue weighted by Gasteiger charge is -2.35. The monoisotopic (exact) mass is 542 g/mol. The Morgan fingerprint density at radius 1 is 1.13 bits per heavy atom. The quantitative estimate of drug-likeness (QED) is 0.278. The van der Waals surface area contributed by atoms with E-state index >= 15 is 0 Å². The molecule has 0 saturated carbocycles. The number of likely N-dealkylation sites (tertiary alicyclic amines) is 2. The van der Waals surface area contributed by atoms with Crippen LogP contribution in [0.4, 0.5) is 10.5 Å². The van der Waals surface area contributed by atoms with Gasteiger partial charge in [-0.25, -0.2) is 4.79 Å². The van der Waals surface area contributed by atoms with Crippen LogP contribution in [0.5, 0.6) is 0 Å². The van der Waals surface area contributed by atoms with Crippen LogP contribution < -0.4 is 16.0 Å². The Kier molecular flexibility index (Phi) is 11.4. The Labute approximate surface area is 204 Å². The number of carbonyl (C=O) groups excluding carboxylic acids is 1. The molecule has 0 radical (unpaired) electrons. The molecule has 1 aromatic carbocycles. The van der Waals surface area contributed by atoms with Gasteiger partial charge in [0.1, 0.15) is 0 Å². The van der Waals surface area contributed by atoms with Crippen LogP contribution in [0.3, 0.4) is 0 Å². The second-order valence-electron chi connectivity index (χ2n) is 8.27. The van der Waals surface area contributed by atoms with Crippen molar-refractivity contribution in [3.05, 3.63) is 29.8 Å². The van der Waals surface area contributed by atoms with E-state index in [-0.39, 0.29) is 30.0 Å². The predicted molar refractivity (Wildman–Crippen MR) is 139 cm³/mol. The topological polar surface area (TPSA) is 72.0 Å². The van der Waals surface area contributed by atoms with Crippen molar-refractivity contribution in [1.29, 1.82) is 0 Å². The van der Waals surface area contributed by atoms with Gasteiger partial charge in [0.25, 0.3) is 0 Å². The average Bonchev–Trinajstić information content (AvgIpc) is 3.32. The van der Waals surface area contributed by atoms with Crippen LogP contribution in [-0.4, -0.2) is 67.6 Å². The zero-order valence-electron chi connectivity index (χ0n) is 19.0. The highest BCUT2D eigenvalue weighted by Crippen LogP contribution is 2.18. The minimum Gasteiger partial charge on any atom is -0.355 e. The molecule has 0 spiro atoms. The molecule has 0 aliphatic carbocycles. The normalized spacial score (nSPS) is 19.6. The third kappa shape index (κ3) is 8.14. The van der Waals surface area contributed by atoms with Crippen molar-refractivity contribution >= 4 is 41.7 Å². The fourth-order valence-electron chi connectivity index (χ4n) is 4.42. The molecule has 0 aromatic heterocycles. The minimum atomic E-state index is -0.00168. The average molecular weight is 543 g/mol. The molecule has 2 heterocycles. The van der Waals surface area contributed by atoms with Gasteiger partial charge >= 0.3 is 6.03 Å². The molecule has 3 rings (SSSR count). The zero-order chi connectivity index (χ0) is 21.2. The smallest absolute Gasteiger partial charge is 0.321 e. The number of amides is 2. The highest BCUT2D eigenvalue weighted by Gasteiger charge is 2.20. The van der Waals surface area contributed by atoms with E-state index in [9.17, 15) is 4.79 Å². The number of rotatable bonds is 7. The summed E-state index contributed by atoms with van der Waals surface area (Å²) >= 11 is 0. The van der Waals surface area contributed by atoms with Crippen molar-refractivity contribution in [3.63, 3.8) is 0 Å². The molecule has 1 atom stereocenters. The van der Waals surface area contributed by atoms with Crippen LogP contribution in [0.2, 0.25) is 0 Å². The Morgan fingerprint density at radius 3 is 2.65 bits per heavy atom. The van der Waals surface area contributed by atoms with E-state index in [0.29, 0.717) is 6.54 Å². The predicted octanol–water partition coefficient (Wildman–Crippen LogP) is 3.86.